The lowest BCUT2D eigenvalue weighted by atomic mass is 10.0. The summed E-state index contributed by atoms with van der Waals surface area (Å²) in [5, 5.41) is 7.93. The number of hydrogen-bond acceptors (Lipinski definition) is 7. The molecule has 0 spiro atoms. The van der Waals surface area contributed by atoms with Gasteiger partial charge in [-0.25, -0.2) is 5.01 Å². The zero-order valence-corrected chi connectivity index (χ0v) is 15.8. The van der Waals surface area contributed by atoms with Crippen LogP contribution < -0.4 is 14.8 Å². The van der Waals surface area contributed by atoms with Crippen molar-refractivity contribution in [3.05, 3.63) is 23.8 Å². The molecular formula is C18H23N3O6. The van der Waals surface area contributed by atoms with E-state index in [-0.39, 0.29) is 30.9 Å². The summed E-state index contributed by atoms with van der Waals surface area (Å²) in [5.74, 6) is -0.0795. The Bertz CT molecular complexity index is 761. The fourth-order valence-electron chi connectivity index (χ4n) is 2.65. The average molecular weight is 377 g/mol. The van der Waals surface area contributed by atoms with Crippen molar-refractivity contribution in [2.75, 3.05) is 28.4 Å². The molecule has 2 rings (SSSR count). The van der Waals surface area contributed by atoms with E-state index >= 15 is 0 Å². The topological polar surface area (TPSA) is 107 Å². The highest BCUT2D eigenvalue weighted by atomic mass is 16.5. The van der Waals surface area contributed by atoms with Gasteiger partial charge in [-0.2, -0.15) is 5.10 Å². The fourth-order valence-corrected chi connectivity index (χ4v) is 2.65. The molecule has 1 heterocycles. The number of hydrazone groups is 1. The lowest BCUT2D eigenvalue weighted by Crippen LogP contribution is -2.39. The molecule has 0 saturated carbocycles. The Labute approximate surface area is 157 Å². The third-order valence-corrected chi connectivity index (χ3v) is 4.18. The molecule has 2 amide bonds. The van der Waals surface area contributed by atoms with E-state index in [9.17, 15) is 14.4 Å². The predicted molar refractivity (Wildman–Crippen MR) is 96.5 cm³/mol. The molecule has 0 radical (unpaired) electrons. The lowest BCUT2D eigenvalue weighted by molar-refractivity contribution is -0.141. The van der Waals surface area contributed by atoms with Crippen LogP contribution in [0.1, 0.15) is 30.9 Å². The first-order chi connectivity index (χ1) is 12.9. The van der Waals surface area contributed by atoms with Crippen molar-refractivity contribution >= 4 is 23.5 Å². The van der Waals surface area contributed by atoms with Crippen molar-refractivity contribution < 1.29 is 28.6 Å². The molecule has 0 bridgehead atoms. The number of methoxy groups -OCH3 is 3. The molecule has 1 aliphatic rings. The first-order valence-corrected chi connectivity index (χ1v) is 8.33. The molecule has 9 nitrogen and oxygen atoms in total. The van der Waals surface area contributed by atoms with Crippen molar-refractivity contribution in [2.24, 2.45) is 5.10 Å². The summed E-state index contributed by atoms with van der Waals surface area (Å²) in [6.45, 7) is 0. The van der Waals surface area contributed by atoms with E-state index in [1.54, 1.807) is 18.2 Å². The number of carbonyl (C=O) groups excluding carboxylic acids is 3. The SMILES string of the molecule is COC(=O)CC(NC(=O)C1=NN(C)C(=O)CC1)c1ccc(OC)c(OC)c1. The molecule has 1 aromatic rings. The maximum Gasteiger partial charge on any atom is 0.307 e. The summed E-state index contributed by atoms with van der Waals surface area (Å²) in [6.07, 6.45) is 0.381. The number of ether oxygens (including phenoxy) is 3. The Kier molecular flexibility index (Phi) is 6.75. The van der Waals surface area contributed by atoms with E-state index < -0.39 is 17.9 Å². The van der Waals surface area contributed by atoms with Gasteiger partial charge in [0.25, 0.3) is 5.91 Å². The maximum absolute atomic E-state index is 12.6. The van der Waals surface area contributed by atoms with Crippen molar-refractivity contribution in [2.45, 2.75) is 25.3 Å². The molecule has 27 heavy (non-hydrogen) atoms. The molecule has 146 valence electrons. The molecule has 0 aliphatic carbocycles. The number of hydrogen-bond donors (Lipinski definition) is 1. The second-order valence-electron chi connectivity index (χ2n) is 5.88. The number of amides is 2. The van der Waals surface area contributed by atoms with Crippen LogP contribution in [0, 0.1) is 0 Å². The largest absolute Gasteiger partial charge is 0.493 e. The van der Waals surface area contributed by atoms with Gasteiger partial charge in [0.15, 0.2) is 11.5 Å². The van der Waals surface area contributed by atoms with Gasteiger partial charge in [-0.15, -0.1) is 0 Å². The van der Waals surface area contributed by atoms with Gasteiger partial charge < -0.3 is 19.5 Å². The van der Waals surface area contributed by atoms with Crippen LogP contribution in [0.15, 0.2) is 23.3 Å². The van der Waals surface area contributed by atoms with Gasteiger partial charge in [-0.05, 0) is 17.7 Å². The molecule has 1 unspecified atom stereocenters. The van der Waals surface area contributed by atoms with E-state index in [4.69, 9.17) is 14.2 Å². The Morgan fingerprint density at radius 3 is 2.48 bits per heavy atom. The van der Waals surface area contributed by atoms with Crippen LogP contribution in [-0.2, 0) is 19.1 Å². The molecule has 0 fully saturated rings. The van der Waals surface area contributed by atoms with Gasteiger partial charge in [0.2, 0.25) is 5.91 Å². The molecule has 0 aromatic heterocycles. The summed E-state index contributed by atoms with van der Waals surface area (Å²) < 4.78 is 15.2. The number of esters is 1. The summed E-state index contributed by atoms with van der Waals surface area (Å²) >= 11 is 0. The average Bonchev–Trinajstić information content (AvgIpc) is 2.68. The van der Waals surface area contributed by atoms with Crippen LogP contribution in [-0.4, -0.2) is 56.9 Å². The molecule has 0 saturated heterocycles. The number of rotatable bonds is 7. The molecule has 1 aromatic carbocycles. The van der Waals surface area contributed by atoms with Crippen LogP contribution in [0.4, 0.5) is 0 Å². The fraction of sp³-hybridized carbons (Fsp3) is 0.444. The highest BCUT2D eigenvalue weighted by Gasteiger charge is 2.26. The Balaban J connectivity index is 2.27. The first-order valence-electron chi connectivity index (χ1n) is 8.33. The number of benzene rings is 1. The maximum atomic E-state index is 12.6. The minimum atomic E-state index is -0.657. The van der Waals surface area contributed by atoms with E-state index in [0.717, 1.165) is 5.01 Å². The zero-order chi connectivity index (χ0) is 20.0. The standard InChI is InChI=1S/C18H23N3O6/c1-21-16(22)8-6-12(20-21)18(24)19-13(10-17(23)27-4)11-5-7-14(25-2)15(9-11)26-3/h5,7,9,13H,6,8,10H2,1-4H3,(H,19,24). The molecular weight excluding hydrogens is 354 g/mol. The van der Waals surface area contributed by atoms with Gasteiger partial charge in [-0.1, -0.05) is 6.07 Å². The number of nitrogens with one attached hydrogen (secondary N) is 1. The number of carbonyl (C=O) groups is 3. The third-order valence-electron chi connectivity index (χ3n) is 4.18. The highest BCUT2D eigenvalue weighted by molar-refractivity contribution is 6.39. The summed E-state index contributed by atoms with van der Waals surface area (Å²) in [4.78, 5) is 35.9. The Morgan fingerprint density at radius 1 is 1.19 bits per heavy atom. The van der Waals surface area contributed by atoms with Crippen LogP contribution in [0.3, 0.4) is 0 Å². The van der Waals surface area contributed by atoms with Gasteiger partial charge in [-0.3, -0.25) is 14.4 Å². The van der Waals surface area contributed by atoms with E-state index in [0.29, 0.717) is 17.1 Å². The van der Waals surface area contributed by atoms with Crippen molar-refractivity contribution in [1.82, 2.24) is 10.3 Å². The molecule has 9 heteroatoms. The monoisotopic (exact) mass is 377 g/mol. The van der Waals surface area contributed by atoms with Gasteiger partial charge in [0, 0.05) is 19.9 Å². The minimum absolute atomic E-state index is 0.0697. The smallest absolute Gasteiger partial charge is 0.307 e. The van der Waals surface area contributed by atoms with E-state index in [1.807, 2.05) is 0 Å². The minimum Gasteiger partial charge on any atom is -0.493 e. The van der Waals surface area contributed by atoms with Crippen molar-refractivity contribution in [1.29, 1.82) is 0 Å². The van der Waals surface area contributed by atoms with E-state index in [1.165, 1.54) is 28.4 Å². The van der Waals surface area contributed by atoms with Crippen molar-refractivity contribution in [3.8, 4) is 11.5 Å². The quantitative estimate of drug-likeness (QED) is 0.712. The second kappa shape index (κ2) is 9.02. The third kappa shape index (κ3) is 4.96. The van der Waals surface area contributed by atoms with Crippen LogP contribution >= 0.6 is 0 Å². The van der Waals surface area contributed by atoms with Crippen LogP contribution in [0.5, 0.6) is 11.5 Å². The normalized spacial score (nSPS) is 14.9. The van der Waals surface area contributed by atoms with Gasteiger partial charge in [0.1, 0.15) is 5.71 Å². The number of nitrogens with zero attached hydrogens (tertiary/aromatic N) is 2. The Morgan fingerprint density at radius 2 is 1.89 bits per heavy atom. The van der Waals surface area contributed by atoms with E-state index in [2.05, 4.69) is 10.4 Å². The first kappa shape index (κ1) is 20.2. The van der Waals surface area contributed by atoms with Gasteiger partial charge in [0.05, 0.1) is 33.8 Å². The predicted octanol–water partition coefficient (Wildman–Crippen LogP) is 1.03. The summed E-state index contributed by atoms with van der Waals surface area (Å²) in [7, 11) is 5.79. The van der Waals surface area contributed by atoms with Crippen LogP contribution in [0.25, 0.3) is 0 Å². The Hall–Kier alpha value is -3.10. The second-order valence-corrected chi connectivity index (χ2v) is 5.88. The molecule has 1 atom stereocenters. The molecule has 1 N–H and O–H groups in total. The molecule has 1 aliphatic heterocycles. The van der Waals surface area contributed by atoms with Crippen LogP contribution in [0.2, 0.25) is 0 Å². The zero-order valence-electron chi connectivity index (χ0n) is 15.8. The van der Waals surface area contributed by atoms with Gasteiger partial charge >= 0.3 is 5.97 Å². The van der Waals surface area contributed by atoms with Crippen molar-refractivity contribution in [3.63, 3.8) is 0 Å². The lowest BCUT2D eigenvalue weighted by Gasteiger charge is -2.22. The summed E-state index contributed by atoms with van der Waals surface area (Å²) in [6, 6.07) is 4.45. The summed E-state index contributed by atoms with van der Waals surface area (Å²) in [5.41, 5.74) is 0.875. The highest BCUT2D eigenvalue weighted by Crippen LogP contribution is 2.31.